The molecule has 0 radical (unpaired) electrons. The summed E-state index contributed by atoms with van der Waals surface area (Å²) in [4.78, 5) is 14.9. The first-order valence-corrected chi connectivity index (χ1v) is 7.23. The van der Waals surface area contributed by atoms with Crippen LogP contribution in [-0.2, 0) is 6.42 Å². The van der Waals surface area contributed by atoms with Gasteiger partial charge in [0.25, 0.3) is 5.91 Å². The number of likely N-dealkylation sites (tertiary alicyclic amines) is 1. The molecule has 1 aromatic heterocycles. The molecule has 1 aliphatic rings. The molecular weight excluding hydrogens is 258 g/mol. The summed E-state index contributed by atoms with van der Waals surface area (Å²) in [6.07, 6.45) is 2.91. The highest BCUT2D eigenvalue weighted by Gasteiger charge is 2.26. The third-order valence-corrected chi connectivity index (χ3v) is 4.30. The van der Waals surface area contributed by atoms with E-state index in [1.54, 1.807) is 0 Å². The summed E-state index contributed by atoms with van der Waals surface area (Å²) in [5.41, 5.74) is 0.813. The summed E-state index contributed by atoms with van der Waals surface area (Å²) >= 11 is 7.07. The Morgan fingerprint density at radius 2 is 2.47 bits per heavy atom. The Bertz CT molecular complexity index is 396. The Labute approximate surface area is 110 Å². The van der Waals surface area contributed by atoms with Crippen molar-refractivity contribution in [3.05, 3.63) is 10.6 Å². The van der Waals surface area contributed by atoms with Crippen molar-refractivity contribution in [2.24, 2.45) is 5.92 Å². The number of halogens is 1. The first kappa shape index (κ1) is 12.8. The van der Waals surface area contributed by atoms with Gasteiger partial charge in [-0.05, 0) is 36.7 Å². The van der Waals surface area contributed by atoms with E-state index in [-0.39, 0.29) is 5.91 Å². The zero-order chi connectivity index (χ0) is 12.3. The number of rotatable bonds is 3. The van der Waals surface area contributed by atoms with E-state index in [1.807, 2.05) is 11.8 Å². The lowest BCUT2D eigenvalue weighted by Crippen LogP contribution is -2.40. The monoisotopic (exact) mass is 273 g/mol. The van der Waals surface area contributed by atoms with E-state index < -0.39 is 0 Å². The average Bonchev–Trinajstić information content (AvgIpc) is 2.86. The number of aryl methyl sites for hydroxylation is 1. The van der Waals surface area contributed by atoms with E-state index >= 15 is 0 Å². The molecule has 0 N–H and O–H groups in total. The van der Waals surface area contributed by atoms with E-state index in [4.69, 9.17) is 11.6 Å². The number of amides is 1. The molecule has 0 saturated carbocycles. The van der Waals surface area contributed by atoms with Gasteiger partial charge in [0.1, 0.15) is 4.88 Å². The highest BCUT2D eigenvalue weighted by atomic mass is 35.5. The van der Waals surface area contributed by atoms with Crippen molar-refractivity contribution >= 4 is 29.0 Å². The molecule has 1 unspecified atom stereocenters. The van der Waals surface area contributed by atoms with Gasteiger partial charge in [-0.2, -0.15) is 0 Å². The third kappa shape index (κ3) is 2.77. The SMILES string of the molecule is CCc1nnsc1C(=O)N1CCCC(CCl)C1. The Kier molecular flexibility index (Phi) is 4.34. The van der Waals surface area contributed by atoms with Crippen LogP contribution in [0.1, 0.15) is 35.1 Å². The highest BCUT2D eigenvalue weighted by molar-refractivity contribution is 7.08. The number of hydrogen-bond acceptors (Lipinski definition) is 4. The topological polar surface area (TPSA) is 46.1 Å². The van der Waals surface area contributed by atoms with Gasteiger partial charge >= 0.3 is 0 Å². The Morgan fingerprint density at radius 3 is 3.18 bits per heavy atom. The van der Waals surface area contributed by atoms with Crippen molar-refractivity contribution in [3.8, 4) is 0 Å². The van der Waals surface area contributed by atoms with E-state index in [0.717, 1.165) is 38.0 Å². The molecule has 1 atom stereocenters. The second-order valence-corrected chi connectivity index (χ2v) is 5.38. The maximum atomic E-state index is 12.3. The van der Waals surface area contributed by atoms with Gasteiger partial charge in [0.2, 0.25) is 0 Å². The maximum absolute atomic E-state index is 12.3. The normalized spacial score (nSPS) is 20.6. The first-order chi connectivity index (χ1) is 8.26. The van der Waals surface area contributed by atoms with Gasteiger partial charge in [-0.15, -0.1) is 16.7 Å². The molecule has 0 spiro atoms. The molecule has 1 aliphatic heterocycles. The van der Waals surface area contributed by atoms with Crippen molar-refractivity contribution in [2.75, 3.05) is 19.0 Å². The average molecular weight is 274 g/mol. The number of piperidine rings is 1. The van der Waals surface area contributed by atoms with Crippen molar-refractivity contribution < 1.29 is 4.79 Å². The second kappa shape index (κ2) is 5.78. The van der Waals surface area contributed by atoms with Crippen LogP contribution in [0.25, 0.3) is 0 Å². The van der Waals surface area contributed by atoms with E-state index in [0.29, 0.717) is 16.7 Å². The van der Waals surface area contributed by atoms with Crippen molar-refractivity contribution in [1.82, 2.24) is 14.5 Å². The first-order valence-electron chi connectivity index (χ1n) is 5.92. The van der Waals surface area contributed by atoms with Crippen LogP contribution in [0.15, 0.2) is 0 Å². The smallest absolute Gasteiger partial charge is 0.267 e. The summed E-state index contributed by atoms with van der Waals surface area (Å²) in [5.74, 6) is 1.14. The molecule has 2 rings (SSSR count). The van der Waals surface area contributed by atoms with Crippen LogP contribution in [0.3, 0.4) is 0 Å². The zero-order valence-corrected chi connectivity index (χ0v) is 11.4. The van der Waals surface area contributed by atoms with Crippen molar-refractivity contribution in [2.45, 2.75) is 26.2 Å². The molecule has 1 amide bonds. The van der Waals surface area contributed by atoms with Crippen molar-refractivity contribution in [1.29, 1.82) is 0 Å². The fraction of sp³-hybridized carbons (Fsp3) is 0.727. The Balaban J connectivity index is 2.09. The molecule has 0 aliphatic carbocycles. The lowest BCUT2D eigenvalue weighted by Gasteiger charge is -2.31. The number of alkyl halides is 1. The third-order valence-electron chi connectivity index (χ3n) is 3.11. The fourth-order valence-electron chi connectivity index (χ4n) is 2.12. The molecular formula is C11H16ClN3OS. The van der Waals surface area contributed by atoms with Crippen LogP contribution in [-0.4, -0.2) is 39.4 Å². The van der Waals surface area contributed by atoms with Crippen LogP contribution in [0, 0.1) is 5.92 Å². The summed E-state index contributed by atoms with van der Waals surface area (Å²) in [7, 11) is 0. The van der Waals surface area contributed by atoms with Crippen LogP contribution in [0.5, 0.6) is 0 Å². The predicted molar refractivity (Wildman–Crippen MR) is 68.6 cm³/mol. The van der Waals surface area contributed by atoms with Gasteiger partial charge in [-0.1, -0.05) is 11.4 Å². The summed E-state index contributed by atoms with van der Waals surface area (Å²) in [5, 5.41) is 3.98. The largest absolute Gasteiger partial charge is 0.338 e. The van der Waals surface area contributed by atoms with Crippen LogP contribution < -0.4 is 0 Å². The van der Waals surface area contributed by atoms with Gasteiger partial charge in [-0.25, -0.2) is 0 Å². The fourth-order valence-corrected chi connectivity index (χ4v) is 3.09. The molecule has 0 aromatic carbocycles. The molecule has 17 heavy (non-hydrogen) atoms. The minimum absolute atomic E-state index is 0.0756. The van der Waals surface area contributed by atoms with Crippen LogP contribution in [0.2, 0.25) is 0 Å². The molecule has 1 fully saturated rings. The minimum Gasteiger partial charge on any atom is -0.338 e. The van der Waals surface area contributed by atoms with Gasteiger partial charge in [0.05, 0.1) is 5.69 Å². The molecule has 0 bridgehead atoms. The molecule has 94 valence electrons. The second-order valence-electron chi connectivity index (χ2n) is 4.32. The van der Waals surface area contributed by atoms with E-state index in [2.05, 4.69) is 9.59 Å². The van der Waals surface area contributed by atoms with Crippen LogP contribution >= 0.6 is 23.1 Å². The number of hydrogen-bond donors (Lipinski definition) is 0. The zero-order valence-electron chi connectivity index (χ0n) is 9.86. The summed E-state index contributed by atoms with van der Waals surface area (Å²) in [6.45, 7) is 3.59. The number of carbonyl (C=O) groups excluding carboxylic acids is 1. The standard InChI is InChI=1S/C11H16ClN3OS/c1-2-9-10(17-14-13-9)11(16)15-5-3-4-8(6-12)7-15/h8H,2-7H2,1H3. The molecule has 2 heterocycles. The highest BCUT2D eigenvalue weighted by Crippen LogP contribution is 2.21. The van der Waals surface area contributed by atoms with Gasteiger partial charge in [0.15, 0.2) is 0 Å². The number of aromatic nitrogens is 2. The van der Waals surface area contributed by atoms with E-state index in [9.17, 15) is 4.79 Å². The lowest BCUT2D eigenvalue weighted by atomic mass is 10.00. The Hall–Kier alpha value is -0.680. The van der Waals surface area contributed by atoms with Gasteiger partial charge in [0, 0.05) is 19.0 Å². The molecule has 1 aromatic rings. The Morgan fingerprint density at radius 1 is 1.65 bits per heavy atom. The summed E-state index contributed by atoms with van der Waals surface area (Å²) < 4.78 is 3.87. The maximum Gasteiger partial charge on any atom is 0.267 e. The summed E-state index contributed by atoms with van der Waals surface area (Å²) in [6, 6.07) is 0. The molecule has 6 heteroatoms. The number of nitrogens with zero attached hydrogens (tertiary/aromatic N) is 3. The van der Waals surface area contributed by atoms with Crippen LogP contribution in [0.4, 0.5) is 0 Å². The van der Waals surface area contributed by atoms with Gasteiger partial charge in [-0.3, -0.25) is 4.79 Å². The lowest BCUT2D eigenvalue weighted by molar-refractivity contribution is 0.0688. The van der Waals surface area contributed by atoms with Crippen molar-refractivity contribution in [3.63, 3.8) is 0 Å². The minimum atomic E-state index is 0.0756. The number of carbonyl (C=O) groups is 1. The molecule has 1 saturated heterocycles. The molecule has 4 nitrogen and oxygen atoms in total. The predicted octanol–water partition coefficient (Wildman–Crippen LogP) is 2.19. The van der Waals surface area contributed by atoms with Gasteiger partial charge < -0.3 is 4.90 Å². The quantitative estimate of drug-likeness (QED) is 0.793. The van der Waals surface area contributed by atoms with E-state index in [1.165, 1.54) is 11.5 Å².